The van der Waals surface area contributed by atoms with Crippen molar-refractivity contribution in [3.05, 3.63) is 82.9 Å². The van der Waals surface area contributed by atoms with Crippen molar-refractivity contribution in [2.45, 2.75) is 70.3 Å². The predicted octanol–water partition coefficient (Wildman–Crippen LogP) is 5.83. The summed E-state index contributed by atoms with van der Waals surface area (Å²) in [5.74, 6) is -0.0531. The molecule has 6 rings (SSSR count). The molecule has 0 bridgehead atoms. The molecule has 2 fully saturated rings. The molecule has 2 aromatic heterocycles. The summed E-state index contributed by atoms with van der Waals surface area (Å²) in [4.78, 5) is 28.5. The summed E-state index contributed by atoms with van der Waals surface area (Å²) >= 11 is 0. The van der Waals surface area contributed by atoms with Gasteiger partial charge in [0.2, 0.25) is 0 Å². The van der Waals surface area contributed by atoms with Crippen LogP contribution in [0.1, 0.15) is 95.0 Å². The molecule has 2 aromatic carbocycles. The van der Waals surface area contributed by atoms with Crippen LogP contribution < -0.4 is 0 Å². The Morgan fingerprint density at radius 1 is 1.07 bits per heavy atom. The number of aryl methyl sites for hydroxylation is 2. The summed E-state index contributed by atoms with van der Waals surface area (Å²) in [6.45, 7) is 5.06. The van der Waals surface area contributed by atoms with Gasteiger partial charge in [0.05, 0.1) is 30.4 Å². The molecule has 1 aliphatic carbocycles. The highest BCUT2D eigenvalue weighted by atomic mass is 16.5. The molecule has 1 saturated heterocycles. The van der Waals surface area contributed by atoms with Gasteiger partial charge in [0.1, 0.15) is 5.56 Å². The first kappa shape index (κ1) is 27.9. The molecule has 9 nitrogen and oxygen atoms in total. The lowest BCUT2D eigenvalue weighted by Gasteiger charge is -2.36. The van der Waals surface area contributed by atoms with Crippen LogP contribution in [0.15, 0.2) is 54.9 Å². The fourth-order valence-electron chi connectivity index (χ4n) is 6.50. The maximum absolute atomic E-state index is 13.7. The highest BCUT2D eigenvalue weighted by Gasteiger charge is 2.46. The molecule has 1 saturated carbocycles. The van der Waals surface area contributed by atoms with Crippen LogP contribution >= 0.6 is 0 Å². The average Bonchev–Trinajstić information content (AvgIpc) is 3.45. The fraction of sp³-hybridized carbons (Fsp3) is 0.424. The Kier molecular flexibility index (Phi) is 7.66. The topological polar surface area (TPSA) is 95.1 Å². The monoisotopic (exact) mass is 566 g/mol. The number of likely N-dealkylation sites (tertiary alicyclic amines) is 1. The van der Waals surface area contributed by atoms with Crippen molar-refractivity contribution >= 4 is 11.9 Å². The summed E-state index contributed by atoms with van der Waals surface area (Å²) in [6.07, 6.45) is 9.83. The van der Waals surface area contributed by atoms with Gasteiger partial charge in [0.15, 0.2) is 0 Å². The lowest BCUT2D eigenvalue weighted by Crippen LogP contribution is -2.43. The van der Waals surface area contributed by atoms with Gasteiger partial charge in [0, 0.05) is 43.2 Å². The van der Waals surface area contributed by atoms with E-state index in [2.05, 4.69) is 52.4 Å². The van der Waals surface area contributed by atoms with E-state index < -0.39 is 5.97 Å². The third kappa shape index (κ3) is 5.35. The number of rotatable bonds is 8. The van der Waals surface area contributed by atoms with Crippen molar-refractivity contribution in [3.63, 3.8) is 0 Å². The summed E-state index contributed by atoms with van der Waals surface area (Å²) in [5.41, 5.74) is 6.80. The average molecular weight is 567 g/mol. The molecule has 2 aliphatic rings. The first-order chi connectivity index (χ1) is 20.4. The lowest BCUT2D eigenvalue weighted by atomic mass is 9.96. The zero-order chi connectivity index (χ0) is 29.4. The van der Waals surface area contributed by atoms with Gasteiger partial charge in [-0.3, -0.25) is 9.48 Å². The Morgan fingerprint density at radius 2 is 1.93 bits per heavy atom. The number of piperidine rings is 1. The minimum absolute atomic E-state index is 0.0730. The van der Waals surface area contributed by atoms with E-state index in [1.807, 2.05) is 42.2 Å². The highest BCUT2D eigenvalue weighted by molar-refractivity contribution is 5.96. The molecular formula is C33H38N6O3. The first-order valence-corrected chi connectivity index (χ1v) is 14.9. The van der Waals surface area contributed by atoms with Crippen molar-refractivity contribution in [3.8, 4) is 16.8 Å². The van der Waals surface area contributed by atoms with E-state index in [1.165, 1.54) is 13.5 Å². The molecular weight excluding hydrogens is 528 g/mol. The number of hydrogen-bond donors (Lipinski definition) is 0. The third-order valence-corrected chi connectivity index (χ3v) is 8.61. The second-order valence-electron chi connectivity index (χ2n) is 11.7. The second kappa shape index (κ2) is 11.5. The van der Waals surface area contributed by atoms with E-state index in [0.29, 0.717) is 11.6 Å². The number of ether oxygens (including phenoxy) is 1. The zero-order valence-electron chi connectivity index (χ0n) is 24.8. The Hall–Kier alpha value is -4.27. The third-order valence-electron chi connectivity index (χ3n) is 8.61. The van der Waals surface area contributed by atoms with E-state index in [0.717, 1.165) is 78.0 Å². The zero-order valence-corrected chi connectivity index (χ0v) is 24.8. The van der Waals surface area contributed by atoms with Crippen molar-refractivity contribution in [1.29, 1.82) is 0 Å². The quantitative estimate of drug-likeness (QED) is 0.249. The molecule has 0 N–H and O–H groups in total. The number of carbonyl (C=O) groups excluding carboxylic acids is 2. The lowest BCUT2D eigenvalue weighted by molar-refractivity contribution is 0.0592. The van der Waals surface area contributed by atoms with Gasteiger partial charge in [-0.2, -0.15) is 5.10 Å². The summed E-state index contributed by atoms with van der Waals surface area (Å²) in [7, 11) is 3.24. The van der Waals surface area contributed by atoms with Crippen LogP contribution in [0.5, 0.6) is 0 Å². The number of hydrogen-bond acceptors (Lipinski definition) is 6. The van der Waals surface area contributed by atoms with Crippen molar-refractivity contribution < 1.29 is 14.3 Å². The minimum atomic E-state index is -0.403. The van der Waals surface area contributed by atoms with E-state index in [9.17, 15) is 9.59 Å². The molecule has 2 unspecified atom stereocenters. The van der Waals surface area contributed by atoms with E-state index in [-0.39, 0.29) is 17.7 Å². The standard InChI is InChI=1S/C33H38N6O3/c1-5-9-25-12-6-7-13-38(25)32(40)23-11-8-10-22(16-23)24-14-21(2)15-26(17-24)39-31(29(19-34-39)33(41)42-4)28-18-27(28)30-20-37(3)36-35-30/h8,10-11,14-17,19-20,25,27-28H,5-7,9,12-13,18H2,1-4H3/t25-,27?,28?/m1/s1. The number of methoxy groups -OCH3 is 1. The number of aromatic nitrogens is 5. The molecule has 0 spiro atoms. The number of carbonyl (C=O) groups is 2. The molecule has 3 atom stereocenters. The first-order valence-electron chi connectivity index (χ1n) is 14.9. The van der Waals surface area contributed by atoms with Gasteiger partial charge in [-0.1, -0.05) is 36.8 Å². The van der Waals surface area contributed by atoms with Crippen LogP contribution in [0.2, 0.25) is 0 Å². The largest absolute Gasteiger partial charge is 0.465 e. The molecule has 1 amide bonds. The van der Waals surface area contributed by atoms with Gasteiger partial charge in [0.25, 0.3) is 5.91 Å². The number of nitrogens with zero attached hydrogens (tertiary/aromatic N) is 6. The van der Waals surface area contributed by atoms with Crippen LogP contribution in [0, 0.1) is 6.92 Å². The summed E-state index contributed by atoms with van der Waals surface area (Å²) in [6, 6.07) is 14.5. The van der Waals surface area contributed by atoms with Crippen LogP contribution in [-0.4, -0.2) is 61.2 Å². The Labute approximate surface area is 246 Å². The van der Waals surface area contributed by atoms with Gasteiger partial charge in [-0.25, -0.2) is 9.48 Å². The van der Waals surface area contributed by atoms with Crippen LogP contribution in [0.25, 0.3) is 16.8 Å². The Bertz CT molecular complexity index is 1620. The Morgan fingerprint density at radius 3 is 2.69 bits per heavy atom. The number of benzene rings is 2. The van der Waals surface area contributed by atoms with Crippen molar-refractivity contribution in [2.75, 3.05) is 13.7 Å². The van der Waals surface area contributed by atoms with Gasteiger partial charge in [-0.05, 0) is 80.0 Å². The summed E-state index contributed by atoms with van der Waals surface area (Å²) in [5, 5.41) is 13.1. The smallest absolute Gasteiger partial charge is 0.341 e. The predicted molar refractivity (Wildman–Crippen MR) is 160 cm³/mol. The maximum Gasteiger partial charge on any atom is 0.341 e. The van der Waals surface area contributed by atoms with Crippen molar-refractivity contribution in [2.24, 2.45) is 7.05 Å². The van der Waals surface area contributed by atoms with E-state index in [1.54, 1.807) is 10.9 Å². The molecule has 9 heteroatoms. The normalized spacial score (nSPS) is 20.0. The summed E-state index contributed by atoms with van der Waals surface area (Å²) < 4.78 is 8.68. The van der Waals surface area contributed by atoms with Crippen LogP contribution in [0.4, 0.5) is 0 Å². The van der Waals surface area contributed by atoms with Crippen molar-refractivity contribution in [1.82, 2.24) is 29.7 Å². The van der Waals surface area contributed by atoms with Crippen LogP contribution in [-0.2, 0) is 11.8 Å². The SMILES string of the molecule is CCC[C@@H]1CCCCN1C(=O)c1cccc(-c2cc(C)cc(-n3ncc(C(=O)OC)c3C3CC3c3cn(C)nn3)c2)c1. The Balaban J connectivity index is 1.35. The highest BCUT2D eigenvalue weighted by Crippen LogP contribution is 2.55. The molecule has 42 heavy (non-hydrogen) atoms. The van der Waals surface area contributed by atoms with Gasteiger partial charge >= 0.3 is 5.97 Å². The maximum atomic E-state index is 13.7. The van der Waals surface area contributed by atoms with Gasteiger partial charge < -0.3 is 9.64 Å². The minimum Gasteiger partial charge on any atom is -0.465 e. The second-order valence-corrected chi connectivity index (χ2v) is 11.7. The molecule has 4 aromatic rings. The number of esters is 1. The molecule has 1 aliphatic heterocycles. The van der Waals surface area contributed by atoms with E-state index >= 15 is 0 Å². The molecule has 218 valence electrons. The van der Waals surface area contributed by atoms with Crippen LogP contribution in [0.3, 0.4) is 0 Å². The molecule has 3 heterocycles. The number of amides is 1. The molecule has 0 radical (unpaired) electrons. The van der Waals surface area contributed by atoms with E-state index in [4.69, 9.17) is 4.74 Å². The van der Waals surface area contributed by atoms with Gasteiger partial charge in [-0.15, -0.1) is 5.10 Å². The fourth-order valence-corrected chi connectivity index (χ4v) is 6.50.